The Labute approximate surface area is 197 Å². The number of phenols is 4. The van der Waals surface area contributed by atoms with Crippen LogP contribution in [0.1, 0.15) is 43.0 Å². The van der Waals surface area contributed by atoms with E-state index in [4.69, 9.17) is 10.2 Å². The molecule has 0 amide bonds. The summed E-state index contributed by atoms with van der Waals surface area (Å²) in [6.07, 6.45) is 0. The quantitative estimate of drug-likeness (QED) is 0.311. The number of ketones is 2. The van der Waals surface area contributed by atoms with Crippen LogP contribution in [-0.2, 0) is 0 Å². The van der Waals surface area contributed by atoms with Crippen molar-refractivity contribution in [2.24, 2.45) is 0 Å². The molecule has 0 atom stereocenters. The zero-order valence-corrected chi connectivity index (χ0v) is 18.7. The molecule has 0 saturated heterocycles. The van der Waals surface area contributed by atoms with Crippen LogP contribution in [0, 0.1) is 13.8 Å². The first kappa shape index (κ1) is 24.1. The summed E-state index contributed by atoms with van der Waals surface area (Å²) in [7, 11) is 0. The van der Waals surface area contributed by atoms with E-state index in [-0.39, 0.29) is 34.6 Å². The van der Waals surface area contributed by atoms with Crippen molar-refractivity contribution in [1.29, 1.82) is 0 Å². The van der Waals surface area contributed by atoms with E-state index in [0.29, 0.717) is 33.4 Å². The van der Waals surface area contributed by atoms with Gasteiger partial charge in [-0.25, -0.2) is 0 Å². The van der Waals surface area contributed by atoms with E-state index in [9.17, 15) is 19.8 Å². The molecule has 0 aromatic heterocycles. The van der Waals surface area contributed by atoms with E-state index < -0.39 is 0 Å². The van der Waals surface area contributed by atoms with Gasteiger partial charge in [0, 0.05) is 22.3 Å². The second kappa shape index (κ2) is 10.4. The van der Waals surface area contributed by atoms with E-state index >= 15 is 0 Å². The average Bonchev–Trinajstić information content (AvgIpc) is 2.83. The normalized spacial score (nSPS) is 10.2. The van der Waals surface area contributed by atoms with Gasteiger partial charge in [-0.2, -0.15) is 0 Å². The van der Waals surface area contributed by atoms with Crippen LogP contribution in [0.3, 0.4) is 0 Å². The Hall–Kier alpha value is -4.58. The molecule has 4 N–H and O–H groups in total. The van der Waals surface area contributed by atoms with Gasteiger partial charge in [0.15, 0.2) is 11.6 Å². The molecule has 0 radical (unpaired) electrons. The molecule has 0 aliphatic carbocycles. The fourth-order valence-electron chi connectivity index (χ4n) is 3.15. The van der Waals surface area contributed by atoms with Crippen molar-refractivity contribution in [3.05, 3.63) is 118 Å². The molecule has 4 aromatic rings. The Morgan fingerprint density at radius 3 is 1.09 bits per heavy atom. The third-order valence-corrected chi connectivity index (χ3v) is 5.18. The number of hydrogen-bond acceptors (Lipinski definition) is 6. The van der Waals surface area contributed by atoms with Crippen LogP contribution in [0.4, 0.5) is 0 Å². The van der Waals surface area contributed by atoms with Gasteiger partial charge >= 0.3 is 0 Å². The number of hydrogen-bond donors (Lipinski definition) is 4. The lowest BCUT2D eigenvalue weighted by Crippen LogP contribution is -2.01. The van der Waals surface area contributed by atoms with Crippen LogP contribution in [0.15, 0.2) is 84.9 Å². The summed E-state index contributed by atoms with van der Waals surface area (Å²) in [6, 6.07) is 21.6. The van der Waals surface area contributed by atoms with Gasteiger partial charge < -0.3 is 20.4 Å². The van der Waals surface area contributed by atoms with E-state index in [1.807, 2.05) is 0 Å². The maximum absolute atomic E-state index is 12.2. The number of phenolic OH excluding ortho intramolecular Hbond substituents is 4. The highest BCUT2D eigenvalue weighted by Gasteiger charge is 2.11. The van der Waals surface area contributed by atoms with E-state index in [1.165, 1.54) is 36.4 Å². The molecule has 34 heavy (non-hydrogen) atoms. The Bertz CT molecular complexity index is 1220. The third kappa shape index (κ3) is 5.81. The average molecular weight is 456 g/mol. The van der Waals surface area contributed by atoms with Crippen LogP contribution in [0.5, 0.6) is 23.0 Å². The molecule has 4 rings (SSSR count). The molecule has 0 spiro atoms. The first-order chi connectivity index (χ1) is 16.2. The van der Waals surface area contributed by atoms with Crippen molar-refractivity contribution in [1.82, 2.24) is 0 Å². The topological polar surface area (TPSA) is 115 Å². The summed E-state index contributed by atoms with van der Waals surface area (Å²) in [5.74, 6) is 0.340. The molecular formula is C28H24O6. The molecule has 4 aromatic carbocycles. The number of aromatic hydroxyl groups is 4. The summed E-state index contributed by atoms with van der Waals surface area (Å²) in [6.45, 7) is 3.49. The number of rotatable bonds is 4. The first-order valence-electron chi connectivity index (χ1n) is 10.4. The summed E-state index contributed by atoms with van der Waals surface area (Å²) < 4.78 is 0. The fraction of sp³-hybridized carbons (Fsp3) is 0.0714. The van der Waals surface area contributed by atoms with Crippen molar-refractivity contribution in [2.75, 3.05) is 0 Å². The molecule has 0 aliphatic heterocycles. The van der Waals surface area contributed by atoms with Crippen molar-refractivity contribution in [3.8, 4) is 23.0 Å². The number of benzene rings is 4. The fourth-order valence-corrected chi connectivity index (χ4v) is 3.15. The number of aryl methyl sites for hydroxylation is 2. The minimum Gasteiger partial charge on any atom is -0.508 e. The Kier molecular flexibility index (Phi) is 7.33. The highest BCUT2D eigenvalue weighted by atomic mass is 16.3. The molecule has 6 heteroatoms. The molecule has 172 valence electrons. The van der Waals surface area contributed by atoms with Gasteiger partial charge in [0.2, 0.25) is 0 Å². The van der Waals surface area contributed by atoms with Crippen LogP contribution >= 0.6 is 0 Å². The Morgan fingerprint density at radius 2 is 0.765 bits per heavy atom. The van der Waals surface area contributed by atoms with Crippen molar-refractivity contribution in [2.45, 2.75) is 13.8 Å². The SMILES string of the molecule is Cc1cc(C(=O)c2ccc(O)c(C)c2)ccc1O.O=C(c1ccc(O)cc1)c1ccc(O)cc1. The maximum atomic E-state index is 12.2. The third-order valence-electron chi connectivity index (χ3n) is 5.18. The second-order valence-corrected chi connectivity index (χ2v) is 7.75. The molecule has 0 saturated carbocycles. The highest BCUT2D eigenvalue weighted by molar-refractivity contribution is 6.09. The molecule has 0 heterocycles. The minimum atomic E-state index is -0.139. The number of carbonyl (C=O) groups is 2. The first-order valence-corrected chi connectivity index (χ1v) is 10.4. The van der Waals surface area contributed by atoms with E-state index in [2.05, 4.69) is 0 Å². The largest absolute Gasteiger partial charge is 0.508 e. The molecule has 0 bridgehead atoms. The van der Waals surface area contributed by atoms with Crippen LogP contribution in [0.25, 0.3) is 0 Å². The highest BCUT2D eigenvalue weighted by Crippen LogP contribution is 2.22. The van der Waals surface area contributed by atoms with Gasteiger partial charge in [-0.05, 0) is 110 Å². The lowest BCUT2D eigenvalue weighted by Gasteiger charge is -2.05. The summed E-state index contributed by atoms with van der Waals surface area (Å²) in [5, 5.41) is 37.1. The molecule has 6 nitrogen and oxygen atoms in total. The van der Waals surface area contributed by atoms with Gasteiger partial charge in [0.05, 0.1) is 0 Å². The van der Waals surface area contributed by atoms with Gasteiger partial charge in [0.1, 0.15) is 23.0 Å². The van der Waals surface area contributed by atoms with Gasteiger partial charge in [0.25, 0.3) is 0 Å². The standard InChI is InChI=1S/C15H14O3.C13H10O3/c1-9-7-11(3-5-13(9)16)15(18)12-4-6-14(17)10(2)8-12;14-11-5-1-9(2-6-11)13(16)10-3-7-12(15)8-4-10/h3-8,16-17H,1-2H3;1-8,14-15H. The van der Waals surface area contributed by atoms with Crippen LogP contribution in [0.2, 0.25) is 0 Å². The van der Waals surface area contributed by atoms with Crippen molar-refractivity contribution in [3.63, 3.8) is 0 Å². The molecular weight excluding hydrogens is 432 g/mol. The predicted octanol–water partition coefficient (Wildman–Crippen LogP) is 5.27. The van der Waals surface area contributed by atoms with Gasteiger partial charge in [-0.1, -0.05) is 0 Å². The smallest absolute Gasteiger partial charge is 0.193 e. The minimum absolute atomic E-state index is 0.124. The second-order valence-electron chi connectivity index (χ2n) is 7.75. The zero-order valence-electron chi connectivity index (χ0n) is 18.7. The van der Waals surface area contributed by atoms with E-state index in [1.54, 1.807) is 62.4 Å². The van der Waals surface area contributed by atoms with E-state index in [0.717, 1.165) is 0 Å². The lowest BCUT2D eigenvalue weighted by atomic mass is 9.99. The van der Waals surface area contributed by atoms with Gasteiger partial charge in [-0.15, -0.1) is 0 Å². The van der Waals surface area contributed by atoms with Crippen LogP contribution < -0.4 is 0 Å². The van der Waals surface area contributed by atoms with Gasteiger partial charge in [-0.3, -0.25) is 9.59 Å². The van der Waals surface area contributed by atoms with Crippen molar-refractivity contribution >= 4 is 11.6 Å². The monoisotopic (exact) mass is 456 g/mol. The lowest BCUT2D eigenvalue weighted by molar-refractivity contribution is 0.103. The predicted molar refractivity (Wildman–Crippen MR) is 129 cm³/mol. The van der Waals surface area contributed by atoms with Crippen molar-refractivity contribution < 1.29 is 30.0 Å². The number of carbonyl (C=O) groups excluding carboxylic acids is 2. The van der Waals surface area contributed by atoms with Crippen LogP contribution in [-0.4, -0.2) is 32.0 Å². The Balaban J connectivity index is 0.000000192. The summed E-state index contributed by atoms with van der Waals surface area (Å²) >= 11 is 0. The maximum Gasteiger partial charge on any atom is 0.193 e. The molecule has 0 fully saturated rings. The molecule has 0 unspecified atom stereocenters. The Morgan fingerprint density at radius 1 is 0.471 bits per heavy atom. The summed E-state index contributed by atoms with van der Waals surface area (Å²) in [5.41, 5.74) is 3.38. The zero-order chi connectivity index (χ0) is 24.8. The summed E-state index contributed by atoms with van der Waals surface area (Å²) in [4.78, 5) is 24.1. The molecule has 0 aliphatic rings.